The minimum Gasteiger partial charge on any atom is -0.481 e. The van der Waals surface area contributed by atoms with Gasteiger partial charge in [0.25, 0.3) is 0 Å². The van der Waals surface area contributed by atoms with Gasteiger partial charge in [-0.2, -0.15) is 0 Å². The third-order valence-corrected chi connectivity index (χ3v) is 3.69. The molecule has 5 heteroatoms. The van der Waals surface area contributed by atoms with E-state index in [2.05, 4.69) is 24.5 Å². The molecule has 1 aliphatic carbocycles. The molecule has 0 spiro atoms. The fourth-order valence-corrected chi connectivity index (χ4v) is 2.53. The fraction of sp³-hybridized carbons (Fsp3) is 0.833. The molecule has 3 unspecified atom stereocenters. The van der Waals surface area contributed by atoms with Gasteiger partial charge in [0.1, 0.15) is 0 Å². The molecular formula is C12H22N2O3. The molecule has 0 aromatic carbocycles. The average Bonchev–Trinajstić information content (AvgIpc) is 2.59. The number of carboxylic acids is 1. The molecule has 2 amide bonds. The number of rotatable bonds is 5. The van der Waals surface area contributed by atoms with Crippen LogP contribution in [0, 0.1) is 11.8 Å². The van der Waals surface area contributed by atoms with E-state index in [9.17, 15) is 9.59 Å². The summed E-state index contributed by atoms with van der Waals surface area (Å²) in [5.74, 6) is 0.301. The highest BCUT2D eigenvalue weighted by Crippen LogP contribution is 2.33. The minimum absolute atomic E-state index is 0.0365. The Morgan fingerprint density at radius 3 is 2.59 bits per heavy atom. The van der Waals surface area contributed by atoms with Gasteiger partial charge in [-0.05, 0) is 24.7 Å². The standard InChI is InChI=1S/C12H22N2O3/c1-3-9-4-5-10(8(9)2)14-12(17)13-7-6-11(15)16/h8-10H,3-7H2,1-2H3,(H,15,16)(H2,13,14,17). The van der Waals surface area contributed by atoms with Crippen molar-refractivity contribution >= 4 is 12.0 Å². The van der Waals surface area contributed by atoms with Crippen molar-refractivity contribution in [3.8, 4) is 0 Å². The van der Waals surface area contributed by atoms with Gasteiger partial charge in [-0.1, -0.05) is 20.3 Å². The lowest BCUT2D eigenvalue weighted by Gasteiger charge is -2.21. The van der Waals surface area contributed by atoms with Gasteiger partial charge in [-0.15, -0.1) is 0 Å². The number of hydrogen-bond donors (Lipinski definition) is 3. The Bertz CT molecular complexity index is 281. The third kappa shape index (κ3) is 4.24. The first-order chi connectivity index (χ1) is 8.04. The van der Waals surface area contributed by atoms with Gasteiger partial charge >= 0.3 is 12.0 Å². The number of aliphatic carboxylic acids is 1. The van der Waals surface area contributed by atoms with Gasteiger partial charge in [0.15, 0.2) is 0 Å². The molecule has 1 aliphatic rings. The second-order valence-electron chi connectivity index (χ2n) is 4.76. The van der Waals surface area contributed by atoms with Crippen molar-refractivity contribution in [2.24, 2.45) is 11.8 Å². The summed E-state index contributed by atoms with van der Waals surface area (Å²) >= 11 is 0. The SMILES string of the molecule is CCC1CCC(NC(=O)NCCC(=O)O)C1C. The molecule has 1 saturated carbocycles. The maximum absolute atomic E-state index is 11.5. The van der Waals surface area contributed by atoms with Crippen molar-refractivity contribution in [3.63, 3.8) is 0 Å². The van der Waals surface area contributed by atoms with Crippen LogP contribution < -0.4 is 10.6 Å². The molecular weight excluding hydrogens is 220 g/mol. The number of amides is 2. The van der Waals surface area contributed by atoms with Gasteiger partial charge in [0.05, 0.1) is 6.42 Å². The predicted molar refractivity (Wildman–Crippen MR) is 64.8 cm³/mol. The van der Waals surface area contributed by atoms with Crippen LogP contribution in [0.2, 0.25) is 0 Å². The average molecular weight is 242 g/mol. The molecule has 17 heavy (non-hydrogen) atoms. The molecule has 0 aliphatic heterocycles. The zero-order valence-electron chi connectivity index (χ0n) is 10.5. The van der Waals surface area contributed by atoms with Crippen LogP contribution in [0.4, 0.5) is 4.79 Å². The fourth-order valence-electron chi connectivity index (χ4n) is 2.53. The van der Waals surface area contributed by atoms with Crippen LogP contribution in [0.1, 0.15) is 39.5 Å². The Morgan fingerprint density at radius 2 is 2.06 bits per heavy atom. The van der Waals surface area contributed by atoms with E-state index in [-0.39, 0.29) is 25.0 Å². The monoisotopic (exact) mass is 242 g/mol. The van der Waals surface area contributed by atoms with E-state index in [1.54, 1.807) is 0 Å². The van der Waals surface area contributed by atoms with E-state index in [0.717, 1.165) is 19.3 Å². The predicted octanol–water partition coefficient (Wildman–Crippen LogP) is 1.58. The van der Waals surface area contributed by atoms with E-state index < -0.39 is 5.97 Å². The van der Waals surface area contributed by atoms with Crippen LogP contribution in [0.15, 0.2) is 0 Å². The molecule has 0 radical (unpaired) electrons. The summed E-state index contributed by atoms with van der Waals surface area (Å²) in [6.45, 7) is 4.53. The van der Waals surface area contributed by atoms with Crippen molar-refractivity contribution in [1.82, 2.24) is 10.6 Å². The quantitative estimate of drug-likeness (QED) is 0.685. The van der Waals surface area contributed by atoms with Gasteiger partial charge in [0, 0.05) is 12.6 Å². The highest BCUT2D eigenvalue weighted by atomic mass is 16.4. The van der Waals surface area contributed by atoms with Crippen LogP contribution in [0.3, 0.4) is 0 Å². The summed E-state index contributed by atoms with van der Waals surface area (Å²) < 4.78 is 0. The Labute approximate surface area is 102 Å². The maximum atomic E-state index is 11.5. The molecule has 0 saturated heterocycles. The van der Waals surface area contributed by atoms with Crippen LogP contribution in [0.5, 0.6) is 0 Å². The van der Waals surface area contributed by atoms with E-state index in [4.69, 9.17) is 5.11 Å². The van der Waals surface area contributed by atoms with Crippen LogP contribution in [0.25, 0.3) is 0 Å². The lowest BCUT2D eigenvalue weighted by Crippen LogP contribution is -2.44. The molecule has 0 aromatic heterocycles. The molecule has 5 nitrogen and oxygen atoms in total. The highest BCUT2D eigenvalue weighted by Gasteiger charge is 2.32. The molecule has 1 fully saturated rings. The molecule has 98 valence electrons. The zero-order chi connectivity index (χ0) is 12.8. The number of nitrogens with one attached hydrogen (secondary N) is 2. The summed E-state index contributed by atoms with van der Waals surface area (Å²) in [5.41, 5.74) is 0. The van der Waals surface area contributed by atoms with Crippen molar-refractivity contribution < 1.29 is 14.7 Å². The first-order valence-electron chi connectivity index (χ1n) is 6.30. The molecule has 0 aromatic rings. The molecule has 1 rings (SSSR count). The first-order valence-corrected chi connectivity index (χ1v) is 6.30. The number of carboxylic acid groups (broad SMARTS) is 1. The van der Waals surface area contributed by atoms with Crippen molar-refractivity contribution in [3.05, 3.63) is 0 Å². The molecule has 3 atom stereocenters. The number of urea groups is 1. The van der Waals surface area contributed by atoms with Crippen LogP contribution in [-0.4, -0.2) is 29.7 Å². The molecule has 0 bridgehead atoms. The normalized spacial score (nSPS) is 27.8. The van der Waals surface area contributed by atoms with Crippen molar-refractivity contribution in [1.29, 1.82) is 0 Å². The Morgan fingerprint density at radius 1 is 1.35 bits per heavy atom. The van der Waals surface area contributed by atoms with E-state index in [1.807, 2.05) is 0 Å². The maximum Gasteiger partial charge on any atom is 0.315 e. The second-order valence-corrected chi connectivity index (χ2v) is 4.76. The number of carbonyl (C=O) groups excluding carboxylic acids is 1. The van der Waals surface area contributed by atoms with Crippen molar-refractivity contribution in [2.45, 2.75) is 45.6 Å². The summed E-state index contributed by atoms with van der Waals surface area (Å²) in [6, 6.07) is -0.0235. The lowest BCUT2D eigenvalue weighted by molar-refractivity contribution is -0.136. The zero-order valence-corrected chi connectivity index (χ0v) is 10.5. The Balaban J connectivity index is 2.25. The number of carbonyl (C=O) groups is 2. The number of hydrogen-bond acceptors (Lipinski definition) is 2. The molecule has 3 N–H and O–H groups in total. The van der Waals surface area contributed by atoms with E-state index in [0.29, 0.717) is 11.8 Å². The second kappa shape index (κ2) is 6.47. The summed E-state index contributed by atoms with van der Waals surface area (Å²) in [6.07, 6.45) is 3.30. The van der Waals surface area contributed by atoms with Crippen LogP contribution >= 0.6 is 0 Å². The first kappa shape index (κ1) is 13.8. The summed E-state index contributed by atoms with van der Waals surface area (Å²) in [5, 5.41) is 13.9. The third-order valence-electron chi connectivity index (χ3n) is 3.69. The minimum atomic E-state index is -0.898. The summed E-state index contributed by atoms with van der Waals surface area (Å²) in [4.78, 5) is 21.8. The van der Waals surface area contributed by atoms with Crippen LogP contribution in [-0.2, 0) is 4.79 Å². The smallest absolute Gasteiger partial charge is 0.315 e. The largest absolute Gasteiger partial charge is 0.481 e. The van der Waals surface area contributed by atoms with Gasteiger partial charge < -0.3 is 15.7 Å². The lowest BCUT2D eigenvalue weighted by atomic mass is 9.94. The van der Waals surface area contributed by atoms with Gasteiger partial charge in [-0.3, -0.25) is 4.79 Å². The Kier molecular flexibility index (Phi) is 5.25. The van der Waals surface area contributed by atoms with Gasteiger partial charge in [0.2, 0.25) is 0 Å². The van der Waals surface area contributed by atoms with E-state index >= 15 is 0 Å². The summed E-state index contributed by atoms with van der Waals surface area (Å²) in [7, 11) is 0. The highest BCUT2D eigenvalue weighted by molar-refractivity contribution is 5.75. The Hall–Kier alpha value is -1.26. The van der Waals surface area contributed by atoms with E-state index in [1.165, 1.54) is 0 Å². The molecule has 0 heterocycles. The topological polar surface area (TPSA) is 78.4 Å². The van der Waals surface area contributed by atoms with Gasteiger partial charge in [-0.25, -0.2) is 4.79 Å². The van der Waals surface area contributed by atoms with Crippen molar-refractivity contribution in [2.75, 3.05) is 6.54 Å².